The van der Waals surface area contributed by atoms with Crippen LogP contribution < -0.4 is 5.32 Å². The smallest absolute Gasteiger partial charge is 0.0762 e. The van der Waals surface area contributed by atoms with Crippen molar-refractivity contribution in [3.05, 3.63) is 51.2 Å². The lowest BCUT2D eigenvalue weighted by atomic mass is 10.2. The summed E-state index contributed by atoms with van der Waals surface area (Å²) in [5.74, 6) is 0. The van der Waals surface area contributed by atoms with E-state index in [9.17, 15) is 0 Å². The first kappa shape index (κ1) is 12.6. The van der Waals surface area contributed by atoms with Crippen molar-refractivity contribution < 1.29 is 0 Å². The van der Waals surface area contributed by atoms with E-state index in [0.717, 1.165) is 33.8 Å². The van der Waals surface area contributed by atoms with Gasteiger partial charge < -0.3 is 5.32 Å². The standard InChI is InChI=1S/C12H13BrClN3/c1-17-5-4-11(16-17)8-15-7-9-6-10(14)2-3-12(9)13/h2-6,15H,7-8H2,1H3. The molecule has 0 aliphatic heterocycles. The van der Waals surface area contributed by atoms with Crippen LogP contribution in [-0.4, -0.2) is 9.78 Å². The number of hydrogen-bond donors (Lipinski definition) is 1. The summed E-state index contributed by atoms with van der Waals surface area (Å²) in [6.45, 7) is 1.51. The first-order valence-corrected chi connectivity index (χ1v) is 6.45. The van der Waals surface area contributed by atoms with Gasteiger partial charge in [0.2, 0.25) is 0 Å². The minimum Gasteiger partial charge on any atom is -0.307 e. The third-order valence-corrected chi connectivity index (χ3v) is 3.41. The Balaban J connectivity index is 1.91. The Kier molecular flexibility index (Phi) is 4.20. The van der Waals surface area contributed by atoms with Crippen LogP contribution >= 0.6 is 27.5 Å². The zero-order valence-electron chi connectivity index (χ0n) is 9.45. The molecule has 0 saturated heterocycles. The molecule has 3 nitrogen and oxygen atoms in total. The highest BCUT2D eigenvalue weighted by atomic mass is 79.9. The molecule has 1 aromatic carbocycles. The quantitative estimate of drug-likeness (QED) is 0.939. The average molecular weight is 315 g/mol. The van der Waals surface area contributed by atoms with Crippen LogP contribution in [0.3, 0.4) is 0 Å². The molecule has 1 aromatic heterocycles. The van der Waals surface area contributed by atoms with Crippen molar-refractivity contribution in [3.63, 3.8) is 0 Å². The maximum Gasteiger partial charge on any atom is 0.0762 e. The maximum absolute atomic E-state index is 5.95. The number of nitrogens with zero attached hydrogens (tertiary/aromatic N) is 2. The Morgan fingerprint density at radius 2 is 2.18 bits per heavy atom. The Morgan fingerprint density at radius 1 is 1.35 bits per heavy atom. The van der Waals surface area contributed by atoms with Gasteiger partial charge in [0.25, 0.3) is 0 Å². The number of aryl methyl sites for hydroxylation is 1. The largest absolute Gasteiger partial charge is 0.307 e. The van der Waals surface area contributed by atoms with Crippen molar-refractivity contribution in [1.29, 1.82) is 0 Å². The summed E-state index contributed by atoms with van der Waals surface area (Å²) < 4.78 is 2.86. The second-order valence-electron chi connectivity index (χ2n) is 3.82. The van der Waals surface area contributed by atoms with Crippen LogP contribution in [0, 0.1) is 0 Å². The van der Waals surface area contributed by atoms with E-state index >= 15 is 0 Å². The Labute approximate surface area is 114 Å². The molecule has 1 heterocycles. The first-order chi connectivity index (χ1) is 8.15. The summed E-state index contributed by atoms with van der Waals surface area (Å²) in [4.78, 5) is 0. The lowest BCUT2D eigenvalue weighted by Gasteiger charge is -2.06. The van der Waals surface area contributed by atoms with Crippen LogP contribution in [0.4, 0.5) is 0 Å². The van der Waals surface area contributed by atoms with Gasteiger partial charge in [-0.15, -0.1) is 0 Å². The monoisotopic (exact) mass is 313 g/mol. The van der Waals surface area contributed by atoms with E-state index in [4.69, 9.17) is 11.6 Å². The zero-order valence-corrected chi connectivity index (χ0v) is 11.8. The molecular weight excluding hydrogens is 302 g/mol. The summed E-state index contributed by atoms with van der Waals surface area (Å²) in [7, 11) is 1.91. The maximum atomic E-state index is 5.95. The van der Waals surface area contributed by atoms with Crippen LogP contribution in [0.15, 0.2) is 34.9 Å². The van der Waals surface area contributed by atoms with E-state index in [0.29, 0.717) is 0 Å². The van der Waals surface area contributed by atoms with E-state index in [1.165, 1.54) is 0 Å². The summed E-state index contributed by atoms with van der Waals surface area (Å²) >= 11 is 9.45. The van der Waals surface area contributed by atoms with Gasteiger partial charge in [-0.3, -0.25) is 4.68 Å². The molecule has 2 aromatic rings. The molecule has 0 aliphatic rings. The minimum atomic E-state index is 0.750. The fourth-order valence-corrected chi connectivity index (χ4v) is 2.14. The second-order valence-corrected chi connectivity index (χ2v) is 5.11. The van der Waals surface area contributed by atoms with Gasteiger partial charge in [0.1, 0.15) is 0 Å². The number of nitrogens with one attached hydrogen (secondary N) is 1. The van der Waals surface area contributed by atoms with Crippen LogP contribution in [0.2, 0.25) is 5.02 Å². The van der Waals surface area contributed by atoms with E-state index < -0.39 is 0 Å². The normalized spacial score (nSPS) is 10.8. The molecule has 2 rings (SSSR count). The summed E-state index contributed by atoms with van der Waals surface area (Å²) in [5.41, 5.74) is 2.18. The van der Waals surface area contributed by atoms with Gasteiger partial charge in [-0.1, -0.05) is 27.5 Å². The number of halogens is 2. The fourth-order valence-electron chi connectivity index (χ4n) is 1.56. The molecule has 0 radical (unpaired) electrons. The molecule has 1 N–H and O–H groups in total. The van der Waals surface area contributed by atoms with Crippen LogP contribution in [0.25, 0.3) is 0 Å². The minimum absolute atomic E-state index is 0.750. The molecule has 0 amide bonds. The molecule has 0 bridgehead atoms. The number of aromatic nitrogens is 2. The number of hydrogen-bond acceptors (Lipinski definition) is 2. The molecule has 0 aliphatic carbocycles. The van der Waals surface area contributed by atoms with Crippen LogP contribution in [0.5, 0.6) is 0 Å². The lowest BCUT2D eigenvalue weighted by molar-refractivity contribution is 0.655. The number of benzene rings is 1. The summed E-state index contributed by atoms with van der Waals surface area (Å²) in [6.07, 6.45) is 1.94. The third kappa shape index (κ3) is 3.56. The topological polar surface area (TPSA) is 29.9 Å². The zero-order chi connectivity index (χ0) is 12.3. The van der Waals surface area contributed by atoms with Crippen LogP contribution in [0.1, 0.15) is 11.3 Å². The van der Waals surface area contributed by atoms with E-state index in [1.54, 1.807) is 4.68 Å². The molecule has 0 saturated carbocycles. The molecule has 0 atom stereocenters. The second kappa shape index (κ2) is 5.67. The highest BCUT2D eigenvalue weighted by Gasteiger charge is 2.01. The van der Waals surface area contributed by atoms with Gasteiger partial charge in [0.15, 0.2) is 0 Å². The Morgan fingerprint density at radius 3 is 2.88 bits per heavy atom. The van der Waals surface area contributed by atoms with Gasteiger partial charge in [0.05, 0.1) is 5.69 Å². The molecular formula is C12H13BrClN3. The van der Waals surface area contributed by atoms with E-state index in [1.807, 2.05) is 37.5 Å². The van der Waals surface area contributed by atoms with Gasteiger partial charge in [-0.25, -0.2) is 0 Å². The van der Waals surface area contributed by atoms with E-state index in [2.05, 4.69) is 26.3 Å². The SMILES string of the molecule is Cn1ccc(CNCc2cc(Cl)ccc2Br)n1. The highest BCUT2D eigenvalue weighted by molar-refractivity contribution is 9.10. The molecule has 0 spiro atoms. The predicted molar refractivity (Wildman–Crippen MR) is 72.9 cm³/mol. The predicted octanol–water partition coefficient (Wildman–Crippen LogP) is 3.13. The van der Waals surface area contributed by atoms with Gasteiger partial charge in [-0.2, -0.15) is 5.10 Å². The fraction of sp³-hybridized carbons (Fsp3) is 0.250. The molecule has 17 heavy (non-hydrogen) atoms. The third-order valence-electron chi connectivity index (χ3n) is 2.40. The Bertz CT molecular complexity index is 510. The van der Waals surface area contributed by atoms with Crippen molar-refractivity contribution >= 4 is 27.5 Å². The summed E-state index contributed by atoms with van der Waals surface area (Å²) in [6, 6.07) is 7.78. The average Bonchev–Trinajstić information content (AvgIpc) is 2.69. The molecule has 5 heteroatoms. The summed E-state index contributed by atoms with van der Waals surface area (Å²) in [5, 5.41) is 8.39. The van der Waals surface area contributed by atoms with Crippen molar-refractivity contribution in [2.24, 2.45) is 7.05 Å². The van der Waals surface area contributed by atoms with Gasteiger partial charge in [-0.05, 0) is 29.8 Å². The molecule has 90 valence electrons. The first-order valence-electron chi connectivity index (χ1n) is 5.28. The van der Waals surface area contributed by atoms with Gasteiger partial charge >= 0.3 is 0 Å². The lowest BCUT2D eigenvalue weighted by Crippen LogP contribution is -2.13. The van der Waals surface area contributed by atoms with Crippen molar-refractivity contribution in [1.82, 2.24) is 15.1 Å². The van der Waals surface area contributed by atoms with E-state index in [-0.39, 0.29) is 0 Å². The van der Waals surface area contributed by atoms with Crippen molar-refractivity contribution in [2.75, 3.05) is 0 Å². The number of rotatable bonds is 4. The van der Waals surface area contributed by atoms with Crippen molar-refractivity contribution in [2.45, 2.75) is 13.1 Å². The molecule has 0 fully saturated rings. The van der Waals surface area contributed by atoms with Gasteiger partial charge in [0, 0.05) is 35.8 Å². The van der Waals surface area contributed by atoms with Crippen molar-refractivity contribution in [3.8, 4) is 0 Å². The van der Waals surface area contributed by atoms with Crippen LogP contribution in [-0.2, 0) is 20.1 Å². The highest BCUT2D eigenvalue weighted by Crippen LogP contribution is 2.20. The Hall–Kier alpha value is -0.840. The molecule has 0 unspecified atom stereocenters.